The molecule has 0 saturated heterocycles. The van der Waals surface area contributed by atoms with Crippen molar-refractivity contribution in [2.45, 2.75) is 110 Å². The summed E-state index contributed by atoms with van der Waals surface area (Å²) in [5, 5.41) is 20.0. The van der Waals surface area contributed by atoms with Crippen molar-refractivity contribution in [2.24, 2.45) is 34.5 Å². The van der Waals surface area contributed by atoms with E-state index in [4.69, 9.17) is 0 Å². The van der Waals surface area contributed by atoms with Crippen molar-refractivity contribution >= 4 is 0 Å². The van der Waals surface area contributed by atoms with E-state index in [1.165, 1.54) is 25.3 Å². The molecule has 0 radical (unpaired) electrons. The second kappa shape index (κ2) is 7.02. The molecule has 0 amide bonds. The molecule has 4 heteroatoms. The Hall–Kier alpha value is -0.480. The van der Waals surface area contributed by atoms with Crippen LogP contribution in [0.15, 0.2) is 11.6 Å². The number of alkyl halides is 2. The van der Waals surface area contributed by atoms with Crippen LogP contribution in [0.4, 0.5) is 8.78 Å². The van der Waals surface area contributed by atoms with Crippen molar-refractivity contribution in [1.82, 2.24) is 0 Å². The van der Waals surface area contributed by atoms with Gasteiger partial charge in [0.05, 0.1) is 5.60 Å². The molecule has 166 valence electrons. The van der Waals surface area contributed by atoms with E-state index in [1.54, 1.807) is 0 Å². The summed E-state index contributed by atoms with van der Waals surface area (Å²) in [6.45, 7) is 7.99. The van der Waals surface area contributed by atoms with Gasteiger partial charge in [0.25, 0.3) is 5.92 Å². The Morgan fingerprint density at radius 2 is 1.83 bits per heavy atom. The van der Waals surface area contributed by atoms with Crippen LogP contribution in [0.25, 0.3) is 0 Å². The molecule has 3 saturated carbocycles. The van der Waals surface area contributed by atoms with E-state index in [1.807, 2.05) is 6.92 Å². The lowest BCUT2D eigenvalue weighted by Gasteiger charge is -2.59. The lowest BCUT2D eigenvalue weighted by molar-refractivity contribution is -0.113. The smallest absolute Gasteiger partial charge is 0.273 e. The van der Waals surface area contributed by atoms with Crippen LogP contribution in [0.5, 0.6) is 0 Å². The van der Waals surface area contributed by atoms with Gasteiger partial charge in [-0.25, -0.2) is 8.78 Å². The SMILES string of the molecule is CC(O)C(F)(F)CCC1CCC2[C@@H]3CC=C4C[C@@](C)(O)CC[C@]4(C)C3CC[C@]12C. The Morgan fingerprint density at radius 1 is 1.10 bits per heavy atom. The summed E-state index contributed by atoms with van der Waals surface area (Å²) >= 11 is 0. The average Bonchev–Trinajstić information content (AvgIpc) is 2.97. The second-order valence-corrected chi connectivity index (χ2v) is 11.7. The number of aliphatic hydroxyl groups is 2. The number of hydrogen-bond acceptors (Lipinski definition) is 2. The molecule has 8 atom stereocenters. The van der Waals surface area contributed by atoms with Crippen LogP contribution in [-0.4, -0.2) is 27.8 Å². The van der Waals surface area contributed by atoms with Gasteiger partial charge >= 0.3 is 0 Å². The molecule has 0 heterocycles. The molecule has 3 fully saturated rings. The van der Waals surface area contributed by atoms with E-state index >= 15 is 0 Å². The minimum Gasteiger partial charge on any atom is -0.390 e. The van der Waals surface area contributed by atoms with E-state index in [-0.39, 0.29) is 17.3 Å². The number of fused-ring (bicyclic) bond motifs is 5. The number of aliphatic hydroxyl groups excluding tert-OH is 1. The summed E-state index contributed by atoms with van der Waals surface area (Å²) < 4.78 is 28.1. The van der Waals surface area contributed by atoms with Crippen LogP contribution in [0.3, 0.4) is 0 Å². The van der Waals surface area contributed by atoms with E-state index < -0.39 is 17.6 Å². The van der Waals surface area contributed by atoms with Crippen molar-refractivity contribution in [3.8, 4) is 0 Å². The van der Waals surface area contributed by atoms with Crippen molar-refractivity contribution in [1.29, 1.82) is 0 Å². The molecule has 4 aliphatic carbocycles. The first-order valence-corrected chi connectivity index (χ1v) is 11.9. The Labute approximate surface area is 175 Å². The van der Waals surface area contributed by atoms with Crippen molar-refractivity contribution < 1.29 is 19.0 Å². The molecule has 4 aliphatic rings. The molecule has 0 bridgehead atoms. The van der Waals surface area contributed by atoms with E-state index in [2.05, 4.69) is 19.9 Å². The zero-order valence-corrected chi connectivity index (χ0v) is 18.7. The Kier molecular flexibility index (Phi) is 5.26. The fraction of sp³-hybridized carbons (Fsp3) is 0.920. The van der Waals surface area contributed by atoms with Crippen molar-refractivity contribution in [2.75, 3.05) is 0 Å². The molecule has 2 nitrogen and oxygen atoms in total. The summed E-state index contributed by atoms with van der Waals surface area (Å²) in [5.41, 5.74) is 1.29. The summed E-state index contributed by atoms with van der Waals surface area (Å²) in [7, 11) is 0. The van der Waals surface area contributed by atoms with Crippen LogP contribution in [0, 0.1) is 34.5 Å². The lowest BCUT2D eigenvalue weighted by Crippen LogP contribution is -2.51. The molecule has 2 N–H and O–H groups in total. The highest BCUT2D eigenvalue weighted by atomic mass is 19.3. The van der Waals surface area contributed by atoms with Crippen LogP contribution in [0.1, 0.15) is 91.9 Å². The van der Waals surface area contributed by atoms with Crippen LogP contribution >= 0.6 is 0 Å². The monoisotopic (exact) mass is 410 g/mol. The minimum atomic E-state index is -2.97. The summed E-state index contributed by atoms with van der Waals surface area (Å²) in [5.74, 6) is -0.658. The quantitative estimate of drug-likeness (QED) is 0.549. The summed E-state index contributed by atoms with van der Waals surface area (Å²) in [6, 6.07) is 0. The Morgan fingerprint density at radius 3 is 2.52 bits per heavy atom. The maximum Gasteiger partial charge on any atom is 0.273 e. The fourth-order valence-electron chi connectivity index (χ4n) is 7.96. The summed E-state index contributed by atoms with van der Waals surface area (Å²) in [6.07, 6.45) is 9.63. The number of allylic oxidation sites excluding steroid dienone is 1. The first-order valence-electron chi connectivity index (χ1n) is 11.9. The van der Waals surface area contributed by atoms with Gasteiger partial charge < -0.3 is 10.2 Å². The molecule has 0 aromatic carbocycles. The molecule has 0 aromatic heterocycles. The normalized spacial score (nSPS) is 48.3. The van der Waals surface area contributed by atoms with Gasteiger partial charge in [0.15, 0.2) is 0 Å². The third-order valence-corrected chi connectivity index (χ3v) is 10.0. The molecule has 4 unspecified atom stereocenters. The molecular weight excluding hydrogens is 370 g/mol. The zero-order chi connectivity index (χ0) is 21.2. The molecule has 29 heavy (non-hydrogen) atoms. The Bertz CT molecular complexity index is 670. The van der Waals surface area contributed by atoms with Gasteiger partial charge in [-0.3, -0.25) is 0 Å². The molecule has 0 aromatic rings. The third kappa shape index (κ3) is 3.50. The fourth-order valence-corrected chi connectivity index (χ4v) is 7.96. The van der Waals surface area contributed by atoms with Gasteiger partial charge in [0.1, 0.15) is 6.10 Å². The van der Waals surface area contributed by atoms with E-state index in [0.717, 1.165) is 38.5 Å². The van der Waals surface area contributed by atoms with Gasteiger partial charge in [-0.2, -0.15) is 0 Å². The van der Waals surface area contributed by atoms with Gasteiger partial charge in [0, 0.05) is 6.42 Å². The predicted octanol–water partition coefficient (Wildman–Crippen LogP) is 6.11. The zero-order valence-electron chi connectivity index (χ0n) is 18.7. The average molecular weight is 411 g/mol. The van der Waals surface area contributed by atoms with Gasteiger partial charge in [-0.15, -0.1) is 0 Å². The van der Waals surface area contributed by atoms with Crippen LogP contribution in [0.2, 0.25) is 0 Å². The third-order valence-electron chi connectivity index (χ3n) is 10.0. The minimum absolute atomic E-state index is 0.164. The predicted molar refractivity (Wildman–Crippen MR) is 112 cm³/mol. The van der Waals surface area contributed by atoms with E-state index in [0.29, 0.717) is 30.1 Å². The summed E-state index contributed by atoms with van der Waals surface area (Å²) in [4.78, 5) is 0. The molecular formula is C25H40F2O2. The van der Waals surface area contributed by atoms with Gasteiger partial charge in [-0.05, 0) is 106 Å². The van der Waals surface area contributed by atoms with Crippen LogP contribution in [-0.2, 0) is 0 Å². The van der Waals surface area contributed by atoms with Crippen molar-refractivity contribution in [3.05, 3.63) is 11.6 Å². The maximum absolute atomic E-state index is 14.0. The highest BCUT2D eigenvalue weighted by Gasteiger charge is 2.59. The number of hydrogen-bond donors (Lipinski definition) is 2. The topological polar surface area (TPSA) is 40.5 Å². The van der Waals surface area contributed by atoms with Gasteiger partial charge in [-0.1, -0.05) is 25.5 Å². The molecule has 0 aliphatic heterocycles. The van der Waals surface area contributed by atoms with E-state index in [9.17, 15) is 19.0 Å². The second-order valence-electron chi connectivity index (χ2n) is 11.7. The highest BCUT2D eigenvalue weighted by molar-refractivity contribution is 5.26. The first kappa shape index (κ1) is 21.7. The highest BCUT2D eigenvalue weighted by Crippen LogP contribution is 2.67. The van der Waals surface area contributed by atoms with Crippen LogP contribution < -0.4 is 0 Å². The van der Waals surface area contributed by atoms with Gasteiger partial charge in [0.2, 0.25) is 0 Å². The standard InChI is InChI=1S/C25H40F2O2/c1-16(28)25(26,27)12-9-17-6-8-20-19-7-5-18-15-22(2,29)13-14-24(18,4)21(19)10-11-23(17,20)3/h5,16-17,19-21,28-29H,6-15H2,1-4H3/t16?,17?,19-,20?,21?,22-,23+,24-/m0/s1. The first-order chi connectivity index (χ1) is 13.4. The largest absolute Gasteiger partial charge is 0.390 e. The maximum atomic E-state index is 14.0. The Balaban J connectivity index is 1.51. The number of rotatable bonds is 4. The lowest BCUT2D eigenvalue weighted by atomic mass is 9.46. The van der Waals surface area contributed by atoms with Crippen molar-refractivity contribution in [3.63, 3.8) is 0 Å². The molecule has 0 spiro atoms. The molecule has 4 rings (SSSR count). The number of halogens is 2.